The van der Waals surface area contributed by atoms with Crippen molar-refractivity contribution in [1.29, 1.82) is 0 Å². The summed E-state index contributed by atoms with van der Waals surface area (Å²) in [6.07, 6.45) is -1.79. The molecule has 3 heterocycles. The van der Waals surface area contributed by atoms with E-state index in [1.807, 2.05) is 0 Å². The van der Waals surface area contributed by atoms with Gasteiger partial charge in [-0.25, -0.2) is 23.4 Å². The molecule has 2 aliphatic rings. The Kier molecular flexibility index (Phi) is 6.43. The highest BCUT2D eigenvalue weighted by Gasteiger charge is 2.85. The van der Waals surface area contributed by atoms with Crippen molar-refractivity contribution in [3.8, 4) is 5.75 Å². The maximum absolute atomic E-state index is 16.3. The Balaban J connectivity index is 1.39. The van der Waals surface area contributed by atoms with Crippen molar-refractivity contribution in [3.05, 3.63) is 48.5 Å². The van der Waals surface area contributed by atoms with Crippen LogP contribution < -0.4 is 15.3 Å². The van der Waals surface area contributed by atoms with Crippen LogP contribution in [-0.2, 0) is 23.4 Å². The van der Waals surface area contributed by atoms with Crippen LogP contribution in [0, 0.1) is 0 Å². The number of hydrogen-bond donors (Lipinski definition) is 3. The van der Waals surface area contributed by atoms with Gasteiger partial charge >= 0.3 is 13.7 Å². The molecule has 1 saturated heterocycles. The minimum absolute atomic E-state index is 0.0880. The SMILES string of the molecule is CC(C)OC(=O)[C@H](C)N[P@@](=O)(Oc1ccccc1)OC1[C@H]2O[C@@H](c3cnc4c(N)ncnn34)[C@](C)(F)[C@@]12O. The molecule has 38 heavy (non-hydrogen) atoms. The lowest BCUT2D eigenvalue weighted by atomic mass is 9.91. The van der Waals surface area contributed by atoms with Crippen molar-refractivity contribution in [2.24, 2.45) is 0 Å². The molecule has 1 aliphatic heterocycles. The number of carbonyl (C=O) groups is 1. The molecule has 4 N–H and O–H groups in total. The zero-order valence-electron chi connectivity index (χ0n) is 21.0. The third-order valence-corrected chi connectivity index (χ3v) is 8.16. The van der Waals surface area contributed by atoms with Gasteiger partial charge in [0.25, 0.3) is 0 Å². The molecule has 1 saturated carbocycles. The quantitative estimate of drug-likeness (QED) is 0.262. The van der Waals surface area contributed by atoms with Gasteiger partial charge in [-0.05, 0) is 39.8 Å². The molecule has 0 spiro atoms. The van der Waals surface area contributed by atoms with Gasteiger partial charge in [0.1, 0.15) is 36.4 Å². The molecule has 204 valence electrons. The number of hydrogen-bond acceptors (Lipinski definition) is 11. The van der Waals surface area contributed by atoms with Crippen molar-refractivity contribution in [3.63, 3.8) is 0 Å². The summed E-state index contributed by atoms with van der Waals surface area (Å²) in [7, 11) is -4.38. The predicted octanol–water partition coefficient (Wildman–Crippen LogP) is 2.12. The molecule has 15 heteroatoms. The molecule has 7 atom stereocenters. The molecule has 0 bridgehead atoms. The Bertz CT molecular complexity index is 1410. The van der Waals surface area contributed by atoms with Crippen molar-refractivity contribution in [1.82, 2.24) is 24.7 Å². The van der Waals surface area contributed by atoms with Crippen LogP contribution in [0.1, 0.15) is 39.5 Å². The molecule has 1 unspecified atom stereocenters. The lowest BCUT2D eigenvalue weighted by Gasteiger charge is -2.31. The fourth-order valence-corrected chi connectivity index (χ4v) is 6.22. The smallest absolute Gasteiger partial charge is 0.459 e. The van der Waals surface area contributed by atoms with Crippen molar-refractivity contribution in [2.45, 2.75) is 69.4 Å². The maximum atomic E-state index is 16.3. The lowest BCUT2D eigenvalue weighted by molar-refractivity contribution is -0.149. The third kappa shape index (κ3) is 4.31. The molecular weight excluding hydrogens is 522 g/mol. The van der Waals surface area contributed by atoms with Gasteiger partial charge in [-0.1, -0.05) is 18.2 Å². The largest absolute Gasteiger partial charge is 0.462 e. The number of ether oxygens (including phenoxy) is 2. The van der Waals surface area contributed by atoms with E-state index in [-0.39, 0.29) is 22.9 Å². The highest BCUT2D eigenvalue weighted by Crippen LogP contribution is 2.67. The molecule has 2 aromatic heterocycles. The van der Waals surface area contributed by atoms with E-state index in [0.717, 1.165) is 6.92 Å². The molecule has 5 rings (SSSR count). The molecule has 2 fully saturated rings. The van der Waals surface area contributed by atoms with Crippen LogP contribution in [0.4, 0.5) is 10.2 Å². The van der Waals surface area contributed by atoms with Crippen LogP contribution >= 0.6 is 7.75 Å². The van der Waals surface area contributed by atoms with E-state index in [1.54, 1.807) is 32.0 Å². The van der Waals surface area contributed by atoms with Gasteiger partial charge < -0.3 is 24.8 Å². The Hall–Kier alpha value is -3.16. The van der Waals surface area contributed by atoms with Crippen molar-refractivity contribution >= 4 is 25.2 Å². The van der Waals surface area contributed by atoms with E-state index in [1.165, 1.54) is 36.1 Å². The van der Waals surface area contributed by atoms with Crippen LogP contribution in [0.15, 0.2) is 42.9 Å². The van der Waals surface area contributed by atoms with E-state index in [2.05, 4.69) is 20.2 Å². The summed E-state index contributed by atoms with van der Waals surface area (Å²) in [4.78, 5) is 20.3. The number of para-hydroxylation sites is 1. The van der Waals surface area contributed by atoms with E-state index < -0.39 is 55.4 Å². The van der Waals surface area contributed by atoms with Crippen molar-refractivity contribution < 1.29 is 37.4 Å². The number of halogens is 1. The third-order valence-electron chi connectivity index (χ3n) is 6.50. The van der Waals surface area contributed by atoms with Gasteiger partial charge in [0, 0.05) is 0 Å². The van der Waals surface area contributed by atoms with Gasteiger partial charge in [-0.3, -0.25) is 9.32 Å². The molecule has 13 nitrogen and oxygen atoms in total. The number of nitrogens with zero attached hydrogens (tertiary/aromatic N) is 4. The number of imidazole rings is 1. The van der Waals surface area contributed by atoms with Crippen LogP contribution in [0.25, 0.3) is 5.65 Å². The molecule has 1 aliphatic carbocycles. The van der Waals surface area contributed by atoms with E-state index in [9.17, 15) is 14.5 Å². The number of alkyl halides is 1. The van der Waals surface area contributed by atoms with E-state index in [4.69, 9.17) is 24.3 Å². The second-order valence-corrected chi connectivity index (χ2v) is 11.3. The minimum Gasteiger partial charge on any atom is -0.462 e. The molecule has 3 aromatic rings. The zero-order valence-corrected chi connectivity index (χ0v) is 21.9. The van der Waals surface area contributed by atoms with Crippen LogP contribution in [0.5, 0.6) is 5.75 Å². The highest BCUT2D eigenvalue weighted by molar-refractivity contribution is 7.52. The summed E-state index contributed by atoms with van der Waals surface area (Å²) in [5.74, 6) is -0.448. The summed E-state index contributed by atoms with van der Waals surface area (Å²) in [6, 6.07) is 6.96. The summed E-state index contributed by atoms with van der Waals surface area (Å²) in [6.45, 7) is 5.90. The number of carbonyl (C=O) groups excluding carboxylic acids is 1. The van der Waals surface area contributed by atoms with Crippen LogP contribution in [0.2, 0.25) is 0 Å². The molecular formula is C23H28FN6O7P. The predicted molar refractivity (Wildman–Crippen MR) is 131 cm³/mol. The first-order valence-electron chi connectivity index (χ1n) is 11.9. The number of aromatic nitrogens is 4. The first-order chi connectivity index (χ1) is 17.9. The number of fused-ring (bicyclic) bond motifs is 2. The Morgan fingerprint density at radius 2 is 2.00 bits per heavy atom. The standard InChI is InChI=1S/C23H28FN6O7P/c1-12(2)34-21(31)13(3)29-38(33,36-14-8-6-5-7-9-14)37-18-17-23(18,32)22(4,24)16(35-17)15-10-26-20-19(25)27-11-28-30(15)20/h5-13,16-18,32H,1-4H3,(H,29,33)(H2,25,27,28)/t13-,16-,17+,18?,22-,23-,38+/m0/s1. The number of aliphatic hydroxyl groups is 1. The van der Waals surface area contributed by atoms with Gasteiger partial charge in [-0.15, -0.1) is 0 Å². The Labute approximate surface area is 217 Å². The fourth-order valence-electron chi connectivity index (χ4n) is 4.52. The lowest BCUT2D eigenvalue weighted by Crippen LogP contribution is -2.44. The summed E-state index contributed by atoms with van der Waals surface area (Å²) >= 11 is 0. The summed E-state index contributed by atoms with van der Waals surface area (Å²) in [5.41, 5.74) is 1.59. The highest BCUT2D eigenvalue weighted by atomic mass is 31.2. The van der Waals surface area contributed by atoms with Crippen LogP contribution in [0.3, 0.4) is 0 Å². The zero-order chi connectivity index (χ0) is 27.5. The second-order valence-electron chi connectivity index (χ2n) is 9.67. The first-order valence-corrected chi connectivity index (χ1v) is 13.4. The number of nitrogens with two attached hydrogens (primary N) is 1. The molecule has 0 radical (unpaired) electrons. The summed E-state index contributed by atoms with van der Waals surface area (Å²) < 4.78 is 53.7. The molecule has 1 aromatic carbocycles. The summed E-state index contributed by atoms with van der Waals surface area (Å²) in [5, 5.41) is 17.9. The number of esters is 1. The Morgan fingerprint density at radius 1 is 1.29 bits per heavy atom. The monoisotopic (exact) mass is 550 g/mol. The fraction of sp³-hybridized carbons (Fsp3) is 0.478. The van der Waals surface area contributed by atoms with Gasteiger partial charge in [-0.2, -0.15) is 10.2 Å². The van der Waals surface area contributed by atoms with E-state index >= 15 is 4.39 Å². The average Bonchev–Trinajstić information content (AvgIpc) is 3.12. The molecule has 0 amide bonds. The number of anilines is 1. The van der Waals surface area contributed by atoms with E-state index in [0.29, 0.717) is 0 Å². The number of benzene rings is 1. The number of rotatable bonds is 9. The Morgan fingerprint density at radius 3 is 2.63 bits per heavy atom. The van der Waals surface area contributed by atoms with Gasteiger partial charge in [0.05, 0.1) is 18.0 Å². The second kappa shape index (κ2) is 9.24. The maximum Gasteiger partial charge on any atom is 0.459 e. The van der Waals surface area contributed by atoms with Gasteiger partial charge in [0.15, 0.2) is 22.7 Å². The van der Waals surface area contributed by atoms with Crippen molar-refractivity contribution in [2.75, 3.05) is 5.73 Å². The first kappa shape index (κ1) is 26.4. The number of nitrogens with one attached hydrogen (secondary N) is 1. The van der Waals surface area contributed by atoms with Gasteiger partial charge in [0.2, 0.25) is 0 Å². The number of nitrogen functional groups attached to an aromatic ring is 1. The van der Waals surface area contributed by atoms with Crippen LogP contribution in [-0.4, -0.2) is 66.3 Å². The minimum atomic E-state index is -4.38. The normalized spacial score (nSPS) is 30.6. The topological polar surface area (TPSA) is 172 Å². The average molecular weight is 550 g/mol.